The van der Waals surface area contributed by atoms with Gasteiger partial charge in [0.15, 0.2) is 16.5 Å². The fraction of sp³-hybridized carbons (Fsp3) is 0.375. The average molecular weight is 197 g/mol. The summed E-state index contributed by atoms with van der Waals surface area (Å²) in [4.78, 5) is 25.6. The molecule has 0 spiro atoms. The molecular formula is C8H7NO3S. The van der Waals surface area contributed by atoms with Crippen LogP contribution in [0, 0.1) is 5.92 Å². The Morgan fingerprint density at radius 1 is 1.54 bits per heavy atom. The average Bonchev–Trinajstić information content (AvgIpc) is 2.81. The predicted octanol–water partition coefficient (Wildman–Crippen LogP) is 1.43. The first-order valence-corrected chi connectivity index (χ1v) is 4.79. The van der Waals surface area contributed by atoms with Crippen molar-refractivity contribution < 1.29 is 14.7 Å². The van der Waals surface area contributed by atoms with Gasteiger partial charge in [-0.25, -0.2) is 9.78 Å². The summed E-state index contributed by atoms with van der Waals surface area (Å²) in [5.41, 5.74) is -0.0333. The van der Waals surface area contributed by atoms with Crippen LogP contribution in [0.1, 0.15) is 33.1 Å². The Morgan fingerprint density at radius 3 is 2.69 bits per heavy atom. The lowest BCUT2D eigenvalue weighted by Gasteiger charge is -1.88. The Morgan fingerprint density at radius 2 is 2.23 bits per heavy atom. The highest BCUT2D eigenvalue weighted by Gasteiger charge is 2.32. The minimum absolute atomic E-state index is 0.00231. The van der Waals surface area contributed by atoms with Crippen LogP contribution in [-0.2, 0) is 0 Å². The Hall–Kier alpha value is -1.23. The zero-order valence-electron chi connectivity index (χ0n) is 6.69. The number of aromatic carboxylic acids is 1. The van der Waals surface area contributed by atoms with E-state index >= 15 is 0 Å². The molecule has 0 amide bonds. The fourth-order valence-corrected chi connectivity index (χ4v) is 1.82. The maximum Gasteiger partial charge on any atom is 0.355 e. The van der Waals surface area contributed by atoms with Crippen LogP contribution >= 0.6 is 11.3 Å². The van der Waals surface area contributed by atoms with E-state index in [9.17, 15) is 9.59 Å². The van der Waals surface area contributed by atoms with Crippen LogP contribution in [0.25, 0.3) is 0 Å². The molecule has 1 fully saturated rings. The molecule has 0 radical (unpaired) electrons. The molecule has 5 heteroatoms. The lowest BCUT2D eigenvalue weighted by Crippen LogP contribution is -2.02. The number of carbonyl (C=O) groups is 2. The molecule has 1 saturated carbocycles. The predicted molar refractivity (Wildman–Crippen MR) is 46.1 cm³/mol. The third kappa shape index (κ3) is 1.60. The minimum Gasteiger partial charge on any atom is -0.476 e. The first-order chi connectivity index (χ1) is 6.18. The van der Waals surface area contributed by atoms with Gasteiger partial charge in [0.1, 0.15) is 0 Å². The lowest BCUT2D eigenvalue weighted by molar-refractivity contribution is 0.0691. The van der Waals surface area contributed by atoms with E-state index in [1.807, 2.05) is 0 Å². The van der Waals surface area contributed by atoms with E-state index in [1.165, 1.54) is 5.38 Å². The number of carbonyl (C=O) groups excluding carboxylic acids is 1. The number of hydrogen-bond acceptors (Lipinski definition) is 4. The summed E-state index contributed by atoms with van der Waals surface area (Å²) in [5, 5.41) is 10.3. The first kappa shape index (κ1) is 8.37. The molecule has 1 aromatic rings. The molecule has 1 aliphatic carbocycles. The molecule has 4 nitrogen and oxygen atoms in total. The highest BCUT2D eigenvalue weighted by Crippen LogP contribution is 2.33. The number of hydrogen-bond donors (Lipinski definition) is 1. The largest absolute Gasteiger partial charge is 0.476 e. The van der Waals surface area contributed by atoms with Crippen LogP contribution in [-0.4, -0.2) is 21.8 Å². The summed E-state index contributed by atoms with van der Waals surface area (Å²) in [6.07, 6.45) is 1.83. The van der Waals surface area contributed by atoms with Crippen molar-refractivity contribution in [3.63, 3.8) is 0 Å². The molecule has 1 aliphatic rings. The summed E-state index contributed by atoms with van der Waals surface area (Å²) in [7, 11) is 0. The van der Waals surface area contributed by atoms with Gasteiger partial charge in [-0.3, -0.25) is 4.79 Å². The van der Waals surface area contributed by atoms with Gasteiger partial charge in [-0.2, -0.15) is 0 Å². The summed E-state index contributed by atoms with van der Waals surface area (Å²) in [6, 6.07) is 0. The van der Waals surface area contributed by atoms with E-state index in [0.717, 1.165) is 24.2 Å². The van der Waals surface area contributed by atoms with Gasteiger partial charge >= 0.3 is 5.97 Å². The van der Waals surface area contributed by atoms with Crippen molar-refractivity contribution in [1.29, 1.82) is 0 Å². The van der Waals surface area contributed by atoms with Crippen LogP contribution < -0.4 is 0 Å². The molecule has 0 aromatic carbocycles. The molecule has 1 N–H and O–H groups in total. The fourth-order valence-electron chi connectivity index (χ4n) is 1.01. The van der Waals surface area contributed by atoms with E-state index < -0.39 is 5.97 Å². The molecule has 0 aliphatic heterocycles. The van der Waals surface area contributed by atoms with Crippen molar-refractivity contribution in [2.75, 3.05) is 0 Å². The molecule has 1 aromatic heterocycles. The standard InChI is InChI=1S/C8H7NO3S/c10-6(4-1-2-4)7-9-5(3-13-7)8(11)12/h3-4H,1-2H2,(H,11,12). The Balaban J connectivity index is 2.21. The highest BCUT2D eigenvalue weighted by molar-refractivity contribution is 7.12. The van der Waals surface area contributed by atoms with Crippen LogP contribution in [0.4, 0.5) is 0 Å². The van der Waals surface area contributed by atoms with E-state index in [1.54, 1.807) is 0 Å². The third-order valence-corrected chi connectivity index (χ3v) is 2.74. The van der Waals surface area contributed by atoms with Gasteiger partial charge in [0.25, 0.3) is 0 Å². The quantitative estimate of drug-likeness (QED) is 0.744. The van der Waals surface area contributed by atoms with Crippen molar-refractivity contribution in [3.05, 3.63) is 16.1 Å². The summed E-state index contributed by atoms with van der Waals surface area (Å²) in [5.74, 6) is -0.976. The second-order valence-corrected chi connectivity index (χ2v) is 3.84. The smallest absolute Gasteiger partial charge is 0.355 e. The summed E-state index contributed by atoms with van der Waals surface area (Å²) >= 11 is 1.11. The highest BCUT2D eigenvalue weighted by atomic mass is 32.1. The summed E-state index contributed by atoms with van der Waals surface area (Å²) < 4.78 is 0. The van der Waals surface area contributed by atoms with E-state index in [0.29, 0.717) is 5.01 Å². The van der Waals surface area contributed by atoms with Crippen molar-refractivity contribution in [1.82, 2.24) is 4.98 Å². The summed E-state index contributed by atoms with van der Waals surface area (Å²) in [6.45, 7) is 0. The van der Waals surface area contributed by atoms with Gasteiger partial charge in [0.2, 0.25) is 0 Å². The van der Waals surface area contributed by atoms with E-state index in [-0.39, 0.29) is 17.4 Å². The Kier molecular flexibility index (Phi) is 1.88. The van der Waals surface area contributed by atoms with Crippen molar-refractivity contribution in [2.45, 2.75) is 12.8 Å². The van der Waals surface area contributed by atoms with Crippen LogP contribution in [0.5, 0.6) is 0 Å². The van der Waals surface area contributed by atoms with E-state index in [2.05, 4.69) is 4.98 Å². The van der Waals surface area contributed by atoms with Crippen LogP contribution in [0.2, 0.25) is 0 Å². The van der Waals surface area contributed by atoms with Gasteiger partial charge in [-0.1, -0.05) is 0 Å². The monoisotopic (exact) mass is 197 g/mol. The van der Waals surface area contributed by atoms with Crippen molar-refractivity contribution >= 4 is 23.1 Å². The Labute approximate surface area is 78.2 Å². The van der Waals surface area contributed by atoms with Gasteiger partial charge in [-0.05, 0) is 12.8 Å². The van der Waals surface area contributed by atoms with E-state index in [4.69, 9.17) is 5.11 Å². The number of ketones is 1. The third-order valence-electron chi connectivity index (χ3n) is 1.88. The molecule has 0 atom stereocenters. The number of thiazole rings is 1. The maximum absolute atomic E-state index is 11.4. The molecule has 1 heterocycles. The number of aromatic nitrogens is 1. The van der Waals surface area contributed by atoms with Crippen LogP contribution in [0.3, 0.4) is 0 Å². The van der Waals surface area contributed by atoms with Crippen molar-refractivity contribution in [2.24, 2.45) is 5.92 Å². The molecule has 0 bridgehead atoms. The number of Topliss-reactive ketones (excluding diaryl/α,β-unsaturated/α-hetero) is 1. The minimum atomic E-state index is -1.08. The number of rotatable bonds is 3. The number of nitrogens with zero attached hydrogens (tertiary/aromatic N) is 1. The second kappa shape index (κ2) is 2.92. The van der Waals surface area contributed by atoms with Crippen molar-refractivity contribution in [3.8, 4) is 0 Å². The Bertz CT molecular complexity index is 367. The lowest BCUT2D eigenvalue weighted by atomic mass is 10.3. The van der Waals surface area contributed by atoms with Gasteiger partial charge in [0, 0.05) is 11.3 Å². The van der Waals surface area contributed by atoms with Gasteiger partial charge in [-0.15, -0.1) is 11.3 Å². The maximum atomic E-state index is 11.4. The molecule has 13 heavy (non-hydrogen) atoms. The zero-order chi connectivity index (χ0) is 9.42. The molecular weight excluding hydrogens is 190 g/mol. The zero-order valence-corrected chi connectivity index (χ0v) is 7.50. The topological polar surface area (TPSA) is 67.3 Å². The molecule has 68 valence electrons. The number of carboxylic acid groups (broad SMARTS) is 1. The molecule has 0 unspecified atom stereocenters. The second-order valence-electron chi connectivity index (χ2n) is 2.98. The van der Waals surface area contributed by atoms with Crippen LogP contribution in [0.15, 0.2) is 5.38 Å². The van der Waals surface area contributed by atoms with Gasteiger partial charge < -0.3 is 5.11 Å². The SMILES string of the molecule is O=C(O)c1csc(C(=O)C2CC2)n1. The number of carboxylic acids is 1. The molecule has 0 saturated heterocycles. The molecule has 2 rings (SSSR count). The first-order valence-electron chi connectivity index (χ1n) is 3.91. The normalized spacial score (nSPS) is 15.7. The van der Waals surface area contributed by atoms with Gasteiger partial charge in [0.05, 0.1) is 0 Å².